The number of amides is 1. The summed E-state index contributed by atoms with van der Waals surface area (Å²) < 4.78 is 0. The van der Waals surface area contributed by atoms with Crippen molar-refractivity contribution in [2.45, 2.75) is 6.54 Å². The third kappa shape index (κ3) is 8.31. The Balaban J connectivity index is 0.00000220. The fraction of sp³-hybridized carbons (Fsp3) is 0.643. The maximum atomic E-state index is 11.8. The monoisotopic (exact) mass is 368 g/mol. The zero-order valence-corrected chi connectivity index (χ0v) is 15.4. The van der Waals surface area contributed by atoms with Crippen LogP contribution in [0.2, 0.25) is 0 Å². The minimum atomic E-state index is 0. The lowest BCUT2D eigenvalue weighted by atomic mass is 10.3. The van der Waals surface area contributed by atoms with Crippen LogP contribution < -0.4 is 10.6 Å². The Morgan fingerprint density at radius 2 is 2.14 bits per heavy atom. The Morgan fingerprint density at radius 3 is 2.77 bits per heavy atom. The highest BCUT2D eigenvalue weighted by molar-refractivity contribution is 7.09. The van der Waals surface area contributed by atoms with Crippen molar-refractivity contribution < 1.29 is 4.79 Å². The first-order valence-corrected chi connectivity index (χ1v) is 8.03. The van der Waals surface area contributed by atoms with Crippen molar-refractivity contribution in [3.63, 3.8) is 0 Å². The number of carbonyl (C=O) groups is 1. The normalized spacial score (nSPS) is 15.0. The van der Waals surface area contributed by atoms with E-state index in [1.807, 2.05) is 24.6 Å². The molecular weight excluding hydrogens is 343 g/mol. The molecule has 1 fully saturated rings. The molecule has 1 aromatic heterocycles. The molecule has 22 heavy (non-hydrogen) atoms. The number of rotatable bonds is 7. The summed E-state index contributed by atoms with van der Waals surface area (Å²) >= 11 is 1.67. The number of hydrogen-bond donors (Lipinski definition) is 2. The molecular formula is C14H26Cl2N4OS. The van der Waals surface area contributed by atoms with Crippen molar-refractivity contribution >= 4 is 42.1 Å². The molecule has 8 heteroatoms. The molecule has 1 aliphatic heterocycles. The van der Waals surface area contributed by atoms with Gasteiger partial charge < -0.3 is 10.6 Å². The predicted octanol–water partition coefficient (Wildman–Crippen LogP) is 1.04. The molecule has 5 nitrogen and oxygen atoms in total. The van der Waals surface area contributed by atoms with Crippen LogP contribution in [0.1, 0.15) is 4.88 Å². The quantitative estimate of drug-likeness (QED) is 0.754. The molecule has 2 heterocycles. The van der Waals surface area contributed by atoms with Crippen molar-refractivity contribution in [1.82, 2.24) is 20.4 Å². The summed E-state index contributed by atoms with van der Waals surface area (Å²) in [6.07, 6.45) is 0. The van der Waals surface area contributed by atoms with Gasteiger partial charge in [0, 0.05) is 44.1 Å². The summed E-state index contributed by atoms with van der Waals surface area (Å²) in [5, 5.41) is 8.34. The van der Waals surface area contributed by atoms with Crippen LogP contribution in [0.4, 0.5) is 0 Å². The van der Waals surface area contributed by atoms with Gasteiger partial charge in [0.05, 0.1) is 13.1 Å². The van der Waals surface area contributed by atoms with Crippen LogP contribution in [-0.4, -0.2) is 68.6 Å². The third-order valence-electron chi connectivity index (χ3n) is 3.46. The molecule has 1 aromatic rings. The summed E-state index contributed by atoms with van der Waals surface area (Å²) in [5.74, 6) is 0.0983. The lowest BCUT2D eigenvalue weighted by Gasteiger charge is -2.28. The molecule has 2 N–H and O–H groups in total. The van der Waals surface area contributed by atoms with Crippen molar-refractivity contribution in [3.05, 3.63) is 22.4 Å². The van der Waals surface area contributed by atoms with Gasteiger partial charge in [-0.1, -0.05) is 6.07 Å². The molecule has 0 unspecified atom stereocenters. The SMILES string of the molecule is CN(CCN1CCNCC1)CC(=O)NCc1cccs1.Cl.Cl. The molecule has 0 radical (unpaired) electrons. The number of hydrogen-bond acceptors (Lipinski definition) is 5. The standard InChI is InChI=1S/C14H24N4OS.2ClH/c1-17(8-9-18-6-4-15-5-7-18)12-14(19)16-11-13-3-2-10-20-13;;/h2-3,10,15H,4-9,11-12H2,1H3,(H,16,19);2*1H. The minimum absolute atomic E-state index is 0. The van der Waals surface area contributed by atoms with E-state index < -0.39 is 0 Å². The number of thiophene rings is 1. The Kier molecular flexibility index (Phi) is 11.9. The fourth-order valence-electron chi connectivity index (χ4n) is 2.23. The van der Waals surface area contributed by atoms with Crippen LogP contribution in [0, 0.1) is 0 Å². The van der Waals surface area contributed by atoms with Crippen LogP contribution in [0.3, 0.4) is 0 Å². The molecule has 0 spiro atoms. The lowest BCUT2D eigenvalue weighted by molar-refractivity contribution is -0.122. The second-order valence-corrected chi connectivity index (χ2v) is 6.22. The highest BCUT2D eigenvalue weighted by Gasteiger charge is 2.11. The second kappa shape index (κ2) is 12.1. The van der Waals surface area contributed by atoms with E-state index in [9.17, 15) is 4.79 Å². The second-order valence-electron chi connectivity index (χ2n) is 5.19. The van der Waals surface area contributed by atoms with Gasteiger partial charge in [0.15, 0.2) is 0 Å². The average molecular weight is 369 g/mol. The van der Waals surface area contributed by atoms with Gasteiger partial charge in [0.25, 0.3) is 0 Å². The van der Waals surface area contributed by atoms with E-state index in [1.165, 1.54) is 4.88 Å². The lowest BCUT2D eigenvalue weighted by Crippen LogP contribution is -2.46. The molecule has 2 rings (SSSR count). The van der Waals surface area contributed by atoms with Gasteiger partial charge in [-0.3, -0.25) is 14.6 Å². The molecule has 0 aromatic carbocycles. The van der Waals surface area contributed by atoms with Gasteiger partial charge in [0.1, 0.15) is 0 Å². The maximum absolute atomic E-state index is 11.8. The largest absolute Gasteiger partial charge is 0.350 e. The highest BCUT2D eigenvalue weighted by Crippen LogP contribution is 2.07. The average Bonchev–Trinajstić information content (AvgIpc) is 2.97. The molecule has 0 saturated carbocycles. The van der Waals surface area contributed by atoms with Crippen molar-refractivity contribution in [2.75, 3.05) is 52.9 Å². The summed E-state index contributed by atoms with van der Waals surface area (Å²) in [6, 6.07) is 4.05. The van der Waals surface area contributed by atoms with Gasteiger partial charge in [-0.15, -0.1) is 36.2 Å². The topological polar surface area (TPSA) is 47.6 Å². The summed E-state index contributed by atoms with van der Waals surface area (Å²) in [4.78, 5) is 17.6. The number of nitrogens with zero attached hydrogens (tertiary/aromatic N) is 2. The fourth-order valence-corrected chi connectivity index (χ4v) is 2.87. The predicted molar refractivity (Wildman–Crippen MR) is 97.5 cm³/mol. The number of halogens is 2. The first-order valence-electron chi connectivity index (χ1n) is 7.15. The van der Waals surface area contributed by atoms with Crippen molar-refractivity contribution in [1.29, 1.82) is 0 Å². The van der Waals surface area contributed by atoms with E-state index >= 15 is 0 Å². The Labute approximate surface area is 149 Å². The first kappa shape index (κ1) is 21.6. The summed E-state index contributed by atoms with van der Waals surface area (Å²) in [6.45, 7) is 7.45. The van der Waals surface area contributed by atoms with Crippen LogP contribution >= 0.6 is 36.2 Å². The number of carbonyl (C=O) groups excluding carboxylic acids is 1. The minimum Gasteiger partial charge on any atom is -0.350 e. The van der Waals surface area contributed by atoms with Crippen LogP contribution in [-0.2, 0) is 11.3 Å². The molecule has 0 bridgehead atoms. The summed E-state index contributed by atoms with van der Waals surface area (Å²) in [7, 11) is 2.01. The van der Waals surface area contributed by atoms with E-state index in [1.54, 1.807) is 11.3 Å². The van der Waals surface area contributed by atoms with Crippen molar-refractivity contribution in [2.24, 2.45) is 0 Å². The first-order chi connectivity index (χ1) is 9.74. The van der Waals surface area contributed by atoms with Gasteiger partial charge in [-0.25, -0.2) is 0 Å². The van der Waals surface area contributed by atoms with E-state index in [0.29, 0.717) is 13.1 Å². The number of nitrogens with one attached hydrogen (secondary N) is 2. The van der Waals surface area contributed by atoms with Crippen LogP contribution in [0.5, 0.6) is 0 Å². The van der Waals surface area contributed by atoms with Crippen molar-refractivity contribution in [3.8, 4) is 0 Å². The molecule has 1 saturated heterocycles. The van der Waals surface area contributed by atoms with Gasteiger partial charge >= 0.3 is 0 Å². The molecule has 128 valence electrons. The highest BCUT2D eigenvalue weighted by atomic mass is 35.5. The zero-order valence-electron chi connectivity index (χ0n) is 12.9. The summed E-state index contributed by atoms with van der Waals surface area (Å²) in [5.41, 5.74) is 0. The van der Waals surface area contributed by atoms with E-state index in [-0.39, 0.29) is 30.7 Å². The van der Waals surface area contributed by atoms with E-state index in [0.717, 1.165) is 39.3 Å². The smallest absolute Gasteiger partial charge is 0.234 e. The number of piperazine rings is 1. The molecule has 1 amide bonds. The van der Waals surface area contributed by atoms with Crippen LogP contribution in [0.25, 0.3) is 0 Å². The van der Waals surface area contributed by atoms with Gasteiger partial charge in [0.2, 0.25) is 5.91 Å². The molecule has 1 aliphatic rings. The molecule has 0 aliphatic carbocycles. The third-order valence-corrected chi connectivity index (χ3v) is 4.34. The van der Waals surface area contributed by atoms with E-state index in [4.69, 9.17) is 0 Å². The number of likely N-dealkylation sites (N-methyl/N-ethyl adjacent to an activating group) is 1. The van der Waals surface area contributed by atoms with Gasteiger partial charge in [-0.2, -0.15) is 0 Å². The van der Waals surface area contributed by atoms with Gasteiger partial charge in [-0.05, 0) is 18.5 Å². The van der Waals surface area contributed by atoms with E-state index in [2.05, 4.69) is 20.4 Å². The Bertz CT molecular complexity index is 400. The van der Waals surface area contributed by atoms with Crippen LogP contribution in [0.15, 0.2) is 17.5 Å². The maximum Gasteiger partial charge on any atom is 0.234 e. The Hall–Kier alpha value is -0.370. The zero-order chi connectivity index (χ0) is 14.2. The Morgan fingerprint density at radius 1 is 1.41 bits per heavy atom. The molecule has 0 atom stereocenters.